The first-order chi connectivity index (χ1) is 10.9. The second-order valence-electron chi connectivity index (χ2n) is 4.52. The SMILES string of the molecule is COc1ccc(C(=O)NC(=S)Nc2ccc(Br)c(C)n2)cc1Cl. The molecule has 1 heterocycles. The van der Waals surface area contributed by atoms with Crippen molar-refractivity contribution in [2.24, 2.45) is 0 Å². The number of hydrogen-bond acceptors (Lipinski definition) is 4. The molecule has 0 radical (unpaired) electrons. The van der Waals surface area contributed by atoms with E-state index in [9.17, 15) is 4.79 Å². The molecule has 0 aliphatic carbocycles. The summed E-state index contributed by atoms with van der Waals surface area (Å²) >= 11 is 14.5. The minimum Gasteiger partial charge on any atom is -0.495 e. The van der Waals surface area contributed by atoms with E-state index < -0.39 is 0 Å². The maximum absolute atomic E-state index is 12.2. The van der Waals surface area contributed by atoms with Gasteiger partial charge in [-0.25, -0.2) is 4.98 Å². The molecule has 0 bridgehead atoms. The standard InChI is InChI=1S/C15H13BrClN3O2S/c1-8-10(16)4-6-13(18-8)19-15(23)20-14(21)9-3-5-12(22-2)11(17)7-9/h3-7H,1-2H3,(H2,18,19,20,21,23). The summed E-state index contributed by atoms with van der Waals surface area (Å²) in [5, 5.41) is 5.93. The molecule has 0 aliphatic rings. The number of amides is 1. The van der Waals surface area contributed by atoms with Crippen LogP contribution >= 0.6 is 39.7 Å². The Labute approximate surface area is 152 Å². The number of ether oxygens (including phenoxy) is 1. The van der Waals surface area contributed by atoms with Gasteiger partial charge in [0.25, 0.3) is 5.91 Å². The lowest BCUT2D eigenvalue weighted by Gasteiger charge is -2.10. The van der Waals surface area contributed by atoms with Crippen LogP contribution in [0.15, 0.2) is 34.8 Å². The molecular formula is C15H13BrClN3O2S. The Bertz CT molecular complexity index is 770. The Morgan fingerprint density at radius 1 is 1.35 bits per heavy atom. The van der Waals surface area contributed by atoms with E-state index >= 15 is 0 Å². The average Bonchev–Trinajstić information content (AvgIpc) is 2.50. The first kappa shape index (κ1) is 17.7. The van der Waals surface area contributed by atoms with Gasteiger partial charge in [0.1, 0.15) is 11.6 Å². The number of thiocarbonyl (C=S) groups is 1. The summed E-state index contributed by atoms with van der Waals surface area (Å²) in [6.07, 6.45) is 0. The van der Waals surface area contributed by atoms with E-state index in [4.69, 9.17) is 28.6 Å². The van der Waals surface area contributed by atoms with Gasteiger partial charge in [0.05, 0.1) is 17.8 Å². The number of benzene rings is 1. The van der Waals surface area contributed by atoms with E-state index in [1.807, 2.05) is 13.0 Å². The third-order valence-electron chi connectivity index (χ3n) is 2.90. The summed E-state index contributed by atoms with van der Waals surface area (Å²) in [5.41, 5.74) is 1.19. The highest BCUT2D eigenvalue weighted by atomic mass is 79.9. The fraction of sp³-hybridized carbons (Fsp3) is 0.133. The van der Waals surface area contributed by atoms with Crippen molar-refractivity contribution in [3.05, 3.63) is 51.1 Å². The van der Waals surface area contributed by atoms with Crippen LogP contribution in [0.4, 0.5) is 5.82 Å². The van der Waals surface area contributed by atoms with Gasteiger partial charge in [-0.15, -0.1) is 0 Å². The van der Waals surface area contributed by atoms with Crippen molar-refractivity contribution in [2.45, 2.75) is 6.92 Å². The highest BCUT2D eigenvalue weighted by molar-refractivity contribution is 9.10. The maximum Gasteiger partial charge on any atom is 0.257 e. The second kappa shape index (κ2) is 7.72. The minimum atomic E-state index is -0.374. The molecule has 0 atom stereocenters. The first-order valence-electron chi connectivity index (χ1n) is 6.49. The van der Waals surface area contributed by atoms with Crippen LogP contribution in [-0.2, 0) is 0 Å². The van der Waals surface area contributed by atoms with Gasteiger partial charge in [-0.3, -0.25) is 10.1 Å². The number of carbonyl (C=O) groups excluding carboxylic acids is 1. The highest BCUT2D eigenvalue weighted by Gasteiger charge is 2.11. The fourth-order valence-electron chi connectivity index (χ4n) is 1.74. The molecule has 0 saturated carbocycles. The lowest BCUT2D eigenvalue weighted by atomic mass is 10.2. The van der Waals surface area contributed by atoms with E-state index in [1.54, 1.807) is 18.2 Å². The maximum atomic E-state index is 12.2. The Kier molecular flexibility index (Phi) is 5.92. The van der Waals surface area contributed by atoms with Gasteiger partial charge >= 0.3 is 0 Å². The summed E-state index contributed by atoms with van der Waals surface area (Å²) in [7, 11) is 1.51. The van der Waals surface area contributed by atoms with Crippen LogP contribution < -0.4 is 15.4 Å². The summed E-state index contributed by atoms with van der Waals surface area (Å²) < 4.78 is 5.94. The quantitative estimate of drug-likeness (QED) is 0.745. The zero-order valence-electron chi connectivity index (χ0n) is 12.3. The Morgan fingerprint density at radius 2 is 2.09 bits per heavy atom. The number of halogens is 2. The van der Waals surface area contributed by atoms with E-state index in [0.717, 1.165) is 10.2 Å². The normalized spacial score (nSPS) is 10.1. The van der Waals surface area contributed by atoms with Gasteiger partial charge in [-0.2, -0.15) is 0 Å². The monoisotopic (exact) mass is 413 g/mol. The molecule has 1 amide bonds. The number of nitrogens with one attached hydrogen (secondary N) is 2. The number of rotatable bonds is 3. The molecular weight excluding hydrogens is 402 g/mol. The van der Waals surface area contributed by atoms with Gasteiger partial charge < -0.3 is 10.1 Å². The molecule has 8 heteroatoms. The molecule has 1 aromatic carbocycles. The second-order valence-corrected chi connectivity index (χ2v) is 6.19. The number of aromatic nitrogens is 1. The van der Waals surface area contributed by atoms with Gasteiger partial charge in [-0.05, 0) is 65.4 Å². The Hall–Kier alpha value is -1.70. The number of anilines is 1. The van der Waals surface area contributed by atoms with E-state index in [2.05, 4.69) is 31.5 Å². The van der Waals surface area contributed by atoms with Gasteiger partial charge in [0.2, 0.25) is 0 Å². The van der Waals surface area contributed by atoms with Gasteiger partial charge in [0, 0.05) is 10.0 Å². The topological polar surface area (TPSA) is 63.2 Å². The number of nitrogens with zero attached hydrogens (tertiary/aromatic N) is 1. The van der Waals surface area contributed by atoms with Crippen molar-refractivity contribution < 1.29 is 9.53 Å². The molecule has 0 fully saturated rings. The lowest BCUT2D eigenvalue weighted by Crippen LogP contribution is -2.34. The molecule has 0 saturated heterocycles. The summed E-state index contributed by atoms with van der Waals surface area (Å²) in [6.45, 7) is 1.86. The number of pyridine rings is 1. The molecule has 2 N–H and O–H groups in total. The number of methoxy groups -OCH3 is 1. The van der Waals surface area contributed by atoms with Crippen molar-refractivity contribution >= 4 is 56.6 Å². The molecule has 0 aliphatic heterocycles. The Morgan fingerprint density at radius 3 is 2.70 bits per heavy atom. The van der Waals surface area contributed by atoms with Crippen molar-refractivity contribution in [3.8, 4) is 5.75 Å². The molecule has 0 unspecified atom stereocenters. The molecule has 0 spiro atoms. The van der Waals surface area contributed by atoms with Crippen LogP contribution in [0, 0.1) is 6.92 Å². The van der Waals surface area contributed by atoms with Gasteiger partial charge in [-0.1, -0.05) is 11.6 Å². The van der Waals surface area contributed by atoms with Crippen LogP contribution in [0.2, 0.25) is 5.02 Å². The third kappa shape index (κ3) is 4.63. The number of aryl methyl sites for hydroxylation is 1. The molecule has 120 valence electrons. The fourth-order valence-corrected chi connectivity index (χ4v) is 2.42. The highest BCUT2D eigenvalue weighted by Crippen LogP contribution is 2.24. The molecule has 2 aromatic rings. The number of hydrogen-bond donors (Lipinski definition) is 2. The largest absolute Gasteiger partial charge is 0.495 e. The summed E-state index contributed by atoms with van der Waals surface area (Å²) in [5.74, 6) is 0.670. The van der Waals surface area contributed by atoms with Crippen molar-refractivity contribution in [2.75, 3.05) is 12.4 Å². The van der Waals surface area contributed by atoms with Crippen LogP contribution in [0.5, 0.6) is 5.75 Å². The zero-order valence-corrected chi connectivity index (χ0v) is 15.5. The van der Waals surface area contributed by atoms with Crippen LogP contribution in [0.3, 0.4) is 0 Å². The predicted molar refractivity (Wildman–Crippen MR) is 98.4 cm³/mol. The zero-order chi connectivity index (χ0) is 17.0. The minimum absolute atomic E-state index is 0.149. The van der Waals surface area contributed by atoms with E-state index in [-0.39, 0.29) is 11.0 Å². The summed E-state index contributed by atoms with van der Waals surface area (Å²) in [4.78, 5) is 16.4. The van der Waals surface area contributed by atoms with Crippen molar-refractivity contribution in [3.63, 3.8) is 0 Å². The third-order valence-corrected chi connectivity index (χ3v) is 4.24. The van der Waals surface area contributed by atoms with Crippen molar-refractivity contribution in [1.82, 2.24) is 10.3 Å². The first-order valence-corrected chi connectivity index (χ1v) is 8.07. The molecule has 5 nitrogen and oxygen atoms in total. The van der Waals surface area contributed by atoms with Crippen LogP contribution in [-0.4, -0.2) is 23.1 Å². The smallest absolute Gasteiger partial charge is 0.257 e. The lowest BCUT2D eigenvalue weighted by molar-refractivity contribution is 0.0977. The Balaban J connectivity index is 2.03. The van der Waals surface area contributed by atoms with Crippen LogP contribution in [0.1, 0.15) is 16.1 Å². The van der Waals surface area contributed by atoms with Gasteiger partial charge in [0.15, 0.2) is 5.11 Å². The summed E-state index contributed by atoms with van der Waals surface area (Å²) in [6, 6.07) is 8.33. The van der Waals surface area contributed by atoms with Crippen LogP contribution in [0.25, 0.3) is 0 Å². The average molecular weight is 415 g/mol. The molecule has 23 heavy (non-hydrogen) atoms. The molecule has 2 rings (SSSR count). The van der Waals surface area contributed by atoms with E-state index in [0.29, 0.717) is 22.2 Å². The number of carbonyl (C=O) groups is 1. The van der Waals surface area contributed by atoms with Crippen molar-refractivity contribution in [1.29, 1.82) is 0 Å². The molecule has 1 aromatic heterocycles. The predicted octanol–water partition coefficient (Wildman–Crippen LogP) is 3.94. The van der Waals surface area contributed by atoms with E-state index in [1.165, 1.54) is 13.2 Å².